The fourth-order valence-electron chi connectivity index (χ4n) is 2.47. The third-order valence-electron chi connectivity index (χ3n) is 3.56. The molecule has 0 bridgehead atoms. The molecule has 0 spiro atoms. The number of nitrogens with zero attached hydrogens (tertiary/aromatic N) is 1. The van der Waals surface area contributed by atoms with E-state index in [0.717, 1.165) is 18.6 Å². The van der Waals surface area contributed by atoms with Crippen LogP contribution in [0.2, 0.25) is 0 Å². The van der Waals surface area contributed by atoms with E-state index in [2.05, 4.69) is 0 Å². The number of hydrogen-bond donors (Lipinski definition) is 0. The molecule has 1 fully saturated rings. The Kier molecular flexibility index (Phi) is 5.20. The first-order valence-electron chi connectivity index (χ1n) is 7.29. The van der Waals surface area contributed by atoms with Crippen LogP contribution in [0, 0.1) is 0 Å². The molecule has 2 rings (SSSR count). The zero-order valence-electron chi connectivity index (χ0n) is 12.5. The average molecular weight is 291 g/mol. The number of ether oxygens (including phenoxy) is 2. The van der Waals surface area contributed by atoms with Crippen molar-refractivity contribution in [3.05, 3.63) is 29.8 Å². The quantitative estimate of drug-likeness (QED) is 0.781. The van der Waals surface area contributed by atoms with Crippen LogP contribution in [0.25, 0.3) is 0 Å². The predicted molar refractivity (Wildman–Crippen MR) is 78.3 cm³/mol. The van der Waals surface area contributed by atoms with E-state index >= 15 is 0 Å². The van der Waals surface area contributed by atoms with E-state index in [-0.39, 0.29) is 11.9 Å². The first-order valence-corrected chi connectivity index (χ1v) is 7.29. The van der Waals surface area contributed by atoms with E-state index in [9.17, 15) is 9.59 Å². The Bertz CT molecular complexity index is 498. The monoisotopic (exact) mass is 291 g/mol. The maximum atomic E-state index is 12.5. The minimum Gasteiger partial charge on any atom is -0.494 e. The molecule has 5 heteroatoms. The third-order valence-corrected chi connectivity index (χ3v) is 3.56. The van der Waals surface area contributed by atoms with Crippen LogP contribution in [-0.4, -0.2) is 43.1 Å². The highest BCUT2D eigenvalue weighted by molar-refractivity contribution is 5.97. The van der Waals surface area contributed by atoms with Crippen molar-refractivity contribution < 1.29 is 19.1 Å². The Hall–Kier alpha value is -2.04. The number of carbonyl (C=O) groups is 2. The SMILES string of the molecule is CCCOc1ccc(C(=O)N2CCCC2C(=O)OC)cc1. The number of likely N-dealkylation sites (tertiary alicyclic amines) is 1. The molecule has 1 unspecified atom stereocenters. The molecule has 1 heterocycles. The number of esters is 1. The van der Waals surface area contributed by atoms with Crippen molar-refractivity contribution in [2.75, 3.05) is 20.3 Å². The highest BCUT2D eigenvalue weighted by Crippen LogP contribution is 2.22. The second-order valence-corrected chi connectivity index (χ2v) is 5.05. The second kappa shape index (κ2) is 7.11. The van der Waals surface area contributed by atoms with E-state index in [0.29, 0.717) is 25.1 Å². The topological polar surface area (TPSA) is 55.8 Å². The van der Waals surface area contributed by atoms with Crippen molar-refractivity contribution in [1.29, 1.82) is 0 Å². The molecule has 1 amide bonds. The third kappa shape index (κ3) is 3.54. The van der Waals surface area contributed by atoms with Gasteiger partial charge in [-0.05, 0) is 43.5 Å². The molecule has 21 heavy (non-hydrogen) atoms. The molecule has 1 atom stereocenters. The number of hydrogen-bond acceptors (Lipinski definition) is 4. The fourth-order valence-corrected chi connectivity index (χ4v) is 2.47. The summed E-state index contributed by atoms with van der Waals surface area (Å²) in [5.74, 6) is 0.271. The standard InChI is InChI=1S/C16H21NO4/c1-3-11-21-13-8-6-12(7-9-13)15(18)17-10-4-5-14(17)16(19)20-2/h6-9,14H,3-5,10-11H2,1-2H3. The Morgan fingerprint density at radius 2 is 2.00 bits per heavy atom. The summed E-state index contributed by atoms with van der Waals surface area (Å²) in [6.07, 6.45) is 2.43. The van der Waals surface area contributed by atoms with Gasteiger partial charge in [0.1, 0.15) is 11.8 Å². The molecule has 1 aromatic carbocycles. The maximum Gasteiger partial charge on any atom is 0.328 e. The van der Waals surface area contributed by atoms with E-state index in [1.807, 2.05) is 6.92 Å². The highest BCUT2D eigenvalue weighted by Gasteiger charge is 2.35. The van der Waals surface area contributed by atoms with E-state index in [1.165, 1.54) is 7.11 Å². The van der Waals surface area contributed by atoms with Crippen LogP contribution in [0.5, 0.6) is 5.75 Å². The Morgan fingerprint density at radius 1 is 1.29 bits per heavy atom. The van der Waals surface area contributed by atoms with Crippen LogP contribution in [0.3, 0.4) is 0 Å². The summed E-state index contributed by atoms with van der Waals surface area (Å²) < 4.78 is 10.3. The Morgan fingerprint density at radius 3 is 2.62 bits per heavy atom. The maximum absolute atomic E-state index is 12.5. The van der Waals surface area contributed by atoms with Gasteiger partial charge in [0.2, 0.25) is 0 Å². The largest absolute Gasteiger partial charge is 0.494 e. The van der Waals surface area contributed by atoms with Crippen molar-refractivity contribution in [3.8, 4) is 5.75 Å². The van der Waals surface area contributed by atoms with Crippen LogP contribution in [0.15, 0.2) is 24.3 Å². The summed E-state index contributed by atoms with van der Waals surface area (Å²) in [7, 11) is 1.35. The summed E-state index contributed by atoms with van der Waals surface area (Å²) in [4.78, 5) is 25.8. The molecule has 1 aliphatic rings. The van der Waals surface area contributed by atoms with E-state index < -0.39 is 6.04 Å². The smallest absolute Gasteiger partial charge is 0.328 e. The number of rotatable bonds is 5. The summed E-state index contributed by atoms with van der Waals surface area (Å²) in [5.41, 5.74) is 0.564. The molecule has 114 valence electrons. The first-order chi connectivity index (χ1) is 10.2. The van der Waals surface area contributed by atoms with Gasteiger partial charge >= 0.3 is 5.97 Å². The van der Waals surface area contributed by atoms with Crippen molar-refractivity contribution in [1.82, 2.24) is 4.90 Å². The van der Waals surface area contributed by atoms with Crippen molar-refractivity contribution in [3.63, 3.8) is 0 Å². The lowest BCUT2D eigenvalue weighted by atomic mass is 10.1. The second-order valence-electron chi connectivity index (χ2n) is 5.05. The van der Waals surface area contributed by atoms with Gasteiger partial charge in [0.25, 0.3) is 5.91 Å². The van der Waals surface area contributed by atoms with Crippen LogP contribution >= 0.6 is 0 Å². The van der Waals surface area contributed by atoms with Crippen LogP contribution < -0.4 is 4.74 Å². The minimum absolute atomic E-state index is 0.134. The van der Waals surface area contributed by atoms with Crippen LogP contribution in [-0.2, 0) is 9.53 Å². The van der Waals surface area contributed by atoms with Gasteiger partial charge < -0.3 is 14.4 Å². The average Bonchev–Trinajstić information content (AvgIpc) is 3.01. The van der Waals surface area contributed by atoms with Gasteiger partial charge in [-0.15, -0.1) is 0 Å². The first kappa shape index (κ1) is 15.4. The summed E-state index contributed by atoms with van der Waals surface area (Å²) in [5, 5.41) is 0. The summed E-state index contributed by atoms with van der Waals surface area (Å²) in [6, 6.07) is 6.58. The number of amides is 1. The van der Waals surface area contributed by atoms with Gasteiger partial charge in [-0.3, -0.25) is 4.79 Å². The molecule has 0 aliphatic carbocycles. The lowest BCUT2D eigenvalue weighted by Gasteiger charge is -2.22. The van der Waals surface area contributed by atoms with Crippen molar-refractivity contribution in [2.45, 2.75) is 32.2 Å². The van der Waals surface area contributed by atoms with E-state index in [1.54, 1.807) is 29.2 Å². The predicted octanol–water partition coefficient (Wildman–Crippen LogP) is 2.25. The number of carbonyl (C=O) groups excluding carboxylic acids is 2. The highest BCUT2D eigenvalue weighted by atomic mass is 16.5. The number of benzene rings is 1. The Labute approximate surface area is 124 Å². The Balaban J connectivity index is 2.07. The van der Waals surface area contributed by atoms with E-state index in [4.69, 9.17) is 9.47 Å². The lowest BCUT2D eigenvalue weighted by Crippen LogP contribution is -2.41. The summed E-state index contributed by atoms with van der Waals surface area (Å²) >= 11 is 0. The molecule has 1 aromatic rings. The van der Waals surface area contributed by atoms with Crippen molar-refractivity contribution in [2.24, 2.45) is 0 Å². The number of methoxy groups -OCH3 is 1. The van der Waals surface area contributed by atoms with Gasteiger partial charge in [-0.1, -0.05) is 6.92 Å². The normalized spacial score (nSPS) is 17.6. The van der Waals surface area contributed by atoms with Crippen molar-refractivity contribution >= 4 is 11.9 Å². The van der Waals surface area contributed by atoms with Gasteiger partial charge in [0.05, 0.1) is 13.7 Å². The fraction of sp³-hybridized carbons (Fsp3) is 0.500. The molecule has 1 aliphatic heterocycles. The van der Waals surface area contributed by atoms with Gasteiger partial charge in [0, 0.05) is 12.1 Å². The minimum atomic E-state index is -0.460. The van der Waals surface area contributed by atoms with Gasteiger partial charge in [-0.25, -0.2) is 4.79 Å². The molecular weight excluding hydrogens is 270 g/mol. The zero-order chi connectivity index (χ0) is 15.2. The molecule has 5 nitrogen and oxygen atoms in total. The van der Waals surface area contributed by atoms with Crippen LogP contribution in [0.1, 0.15) is 36.5 Å². The zero-order valence-corrected chi connectivity index (χ0v) is 12.5. The molecular formula is C16H21NO4. The molecule has 1 saturated heterocycles. The molecule has 0 saturated carbocycles. The molecule has 0 radical (unpaired) electrons. The summed E-state index contributed by atoms with van der Waals surface area (Å²) in [6.45, 7) is 3.29. The van der Waals surface area contributed by atoms with Crippen LogP contribution in [0.4, 0.5) is 0 Å². The van der Waals surface area contributed by atoms with Gasteiger partial charge in [0.15, 0.2) is 0 Å². The molecule has 0 N–H and O–H groups in total. The van der Waals surface area contributed by atoms with Gasteiger partial charge in [-0.2, -0.15) is 0 Å². The molecule has 0 aromatic heterocycles. The lowest BCUT2D eigenvalue weighted by molar-refractivity contribution is -0.145.